The molecule has 0 saturated carbocycles. The van der Waals surface area contributed by atoms with Gasteiger partial charge in [-0.1, -0.05) is 15.9 Å². The second-order valence-electron chi connectivity index (χ2n) is 4.00. The number of aromatic carboxylic acids is 1. The highest BCUT2D eigenvalue weighted by Crippen LogP contribution is 2.25. The molecule has 0 aliphatic carbocycles. The van der Waals surface area contributed by atoms with Gasteiger partial charge in [-0.15, -0.1) is 0 Å². The summed E-state index contributed by atoms with van der Waals surface area (Å²) >= 11 is 3.26. The van der Waals surface area contributed by atoms with E-state index in [2.05, 4.69) is 21.2 Å². The van der Waals surface area contributed by atoms with Gasteiger partial charge in [-0.05, 0) is 37.3 Å². The van der Waals surface area contributed by atoms with E-state index in [-0.39, 0.29) is 17.6 Å². The van der Waals surface area contributed by atoms with Crippen molar-refractivity contribution in [1.29, 1.82) is 0 Å². The number of carboxylic acid groups (broad SMARTS) is 1. The highest BCUT2D eigenvalue weighted by molar-refractivity contribution is 9.10. The van der Waals surface area contributed by atoms with Crippen LogP contribution >= 0.6 is 15.9 Å². The van der Waals surface area contributed by atoms with Crippen molar-refractivity contribution in [2.45, 2.75) is 13.0 Å². The van der Waals surface area contributed by atoms with Gasteiger partial charge in [0.05, 0.1) is 11.7 Å². The van der Waals surface area contributed by atoms with Gasteiger partial charge in [0.15, 0.2) is 0 Å². The van der Waals surface area contributed by atoms with Crippen LogP contribution in [-0.2, 0) is 0 Å². The Morgan fingerprint density at radius 2 is 2.16 bits per heavy atom. The first-order valence-electron chi connectivity index (χ1n) is 5.52. The van der Waals surface area contributed by atoms with Gasteiger partial charge in [-0.3, -0.25) is 0 Å². The Hall–Kier alpha value is -1.82. The minimum Gasteiger partial charge on any atom is -0.475 e. The molecule has 100 valence electrons. The summed E-state index contributed by atoms with van der Waals surface area (Å²) in [4.78, 5) is 10.7. The number of carboxylic acids is 1. The molecule has 6 heteroatoms. The molecule has 0 saturated heterocycles. The minimum atomic E-state index is -1.13. The standard InChI is InChI=1S/C13H11BrFNO3/c1-7(11-4-5-12(19-11)13(17)18)16-10-6-8(14)2-3-9(10)15/h2-7,16H,1H3,(H,17,18). The normalized spacial score (nSPS) is 12.2. The zero-order valence-corrected chi connectivity index (χ0v) is 11.6. The summed E-state index contributed by atoms with van der Waals surface area (Å²) in [6.07, 6.45) is 0. The Morgan fingerprint density at radius 1 is 1.42 bits per heavy atom. The molecule has 0 amide bonds. The highest BCUT2D eigenvalue weighted by Gasteiger charge is 2.15. The Balaban J connectivity index is 2.17. The van der Waals surface area contributed by atoms with E-state index in [4.69, 9.17) is 9.52 Å². The average molecular weight is 328 g/mol. The minimum absolute atomic E-state index is 0.140. The summed E-state index contributed by atoms with van der Waals surface area (Å²) in [7, 11) is 0. The second-order valence-corrected chi connectivity index (χ2v) is 4.91. The van der Waals surface area contributed by atoms with Gasteiger partial charge in [0.1, 0.15) is 11.6 Å². The fourth-order valence-electron chi connectivity index (χ4n) is 1.61. The molecule has 1 aromatic heterocycles. The Bertz CT molecular complexity index is 612. The van der Waals surface area contributed by atoms with Gasteiger partial charge in [-0.2, -0.15) is 0 Å². The number of nitrogens with one attached hydrogen (secondary N) is 1. The maximum atomic E-state index is 13.6. The van der Waals surface area contributed by atoms with Gasteiger partial charge in [0, 0.05) is 4.47 Å². The van der Waals surface area contributed by atoms with Crippen molar-refractivity contribution in [3.8, 4) is 0 Å². The molecule has 0 aliphatic heterocycles. The van der Waals surface area contributed by atoms with Crippen LogP contribution in [0.5, 0.6) is 0 Å². The molecule has 1 unspecified atom stereocenters. The molecule has 19 heavy (non-hydrogen) atoms. The zero-order chi connectivity index (χ0) is 14.0. The van der Waals surface area contributed by atoms with Crippen LogP contribution in [0.25, 0.3) is 0 Å². The SMILES string of the molecule is CC(Nc1cc(Br)ccc1F)c1ccc(C(=O)O)o1. The third kappa shape index (κ3) is 3.14. The van der Waals surface area contributed by atoms with E-state index in [1.807, 2.05) is 0 Å². The molecular formula is C13H11BrFNO3. The first-order chi connectivity index (χ1) is 8.97. The van der Waals surface area contributed by atoms with Gasteiger partial charge >= 0.3 is 5.97 Å². The fraction of sp³-hybridized carbons (Fsp3) is 0.154. The van der Waals surface area contributed by atoms with Crippen LogP contribution in [0.15, 0.2) is 39.2 Å². The van der Waals surface area contributed by atoms with E-state index in [1.165, 1.54) is 12.1 Å². The summed E-state index contributed by atoms with van der Waals surface area (Å²) in [5, 5.41) is 11.7. The quantitative estimate of drug-likeness (QED) is 0.889. The molecule has 2 N–H and O–H groups in total. The van der Waals surface area contributed by atoms with Crippen molar-refractivity contribution < 1.29 is 18.7 Å². The van der Waals surface area contributed by atoms with E-state index in [1.54, 1.807) is 25.1 Å². The lowest BCUT2D eigenvalue weighted by atomic mass is 10.2. The molecule has 0 spiro atoms. The van der Waals surface area contributed by atoms with E-state index >= 15 is 0 Å². The number of halogens is 2. The van der Waals surface area contributed by atoms with Crippen molar-refractivity contribution in [2.75, 3.05) is 5.32 Å². The van der Waals surface area contributed by atoms with Crippen molar-refractivity contribution >= 4 is 27.6 Å². The smallest absolute Gasteiger partial charge is 0.371 e. The van der Waals surface area contributed by atoms with Gasteiger partial charge in [0.25, 0.3) is 0 Å². The van der Waals surface area contributed by atoms with Crippen LogP contribution in [0.2, 0.25) is 0 Å². The third-order valence-electron chi connectivity index (χ3n) is 2.56. The second kappa shape index (κ2) is 5.44. The summed E-state index contributed by atoms with van der Waals surface area (Å²) in [6, 6.07) is 7.11. The number of hydrogen-bond donors (Lipinski definition) is 2. The number of anilines is 1. The number of hydrogen-bond acceptors (Lipinski definition) is 3. The average Bonchev–Trinajstić information content (AvgIpc) is 2.83. The summed E-state index contributed by atoms with van der Waals surface area (Å²) in [6.45, 7) is 1.75. The molecule has 1 heterocycles. The first kappa shape index (κ1) is 13.6. The number of carbonyl (C=O) groups is 1. The fourth-order valence-corrected chi connectivity index (χ4v) is 1.97. The molecule has 2 rings (SSSR count). The highest BCUT2D eigenvalue weighted by atomic mass is 79.9. The Labute approximate surface area is 117 Å². The van der Waals surface area contributed by atoms with Crippen LogP contribution in [0.3, 0.4) is 0 Å². The predicted molar refractivity (Wildman–Crippen MR) is 71.8 cm³/mol. The van der Waals surface area contributed by atoms with Crippen LogP contribution in [0.4, 0.5) is 10.1 Å². The topological polar surface area (TPSA) is 62.5 Å². The molecule has 2 aromatic rings. The predicted octanol–water partition coefficient (Wildman–Crippen LogP) is 4.05. The molecule has 4 nitrogen and oxygen atoms in total. The molecular weight excluding hydrogens is 317 g/mol. The van der Waals surface area contributed by atoms with E-state index in [0.717, 1.165) is 4.47 Å². The monoisotopic (exact) mass is 327 g/mol. The van der Waals surface area contributed by atoms with Gasteiger partial charge in [-0.25, -0.2) is 9.18 Å². The van der Waals surface area contributed by atoms with Crippen molar-refractivity contribution in [2.24, 2.45) is 0 Å². The number of rotatable bonds is 4. The van der Waals surface area contributed by atoms with Crippen LogP contribution in [0, 0.1) is 5.82 Å². The van der Waals surface area contributed by atoms with Crippen LogP contribution in [-0.4, -0.2) is 11.1 Å². The van der Waals surface area contributed by atoms with Crippen molar-refractivity contribution in [3.63, 3.8) is 0 Å². The molecule has 1 aromatic carbocycles. The van der Waals surface area contributed by atoms with Gasteiger partial charge in [0.2, 0.25) is 5.76 Å². The van der Waals surface area contributed by atoms with Crippen molar-refractivity contribution in [1.82, 2.24) is 0 Å². The summed E-state index contributed by atoms with van der Waals surface area (Å²) in [5.41, 5.74) is 0.315. The van der Waals surface area contributed by atoms with E-state index in [9.17, 15) is 9.18 Å². The summed E-state index contributed by atoms with van der Waals surface area (Å²) in [5.74, 6) is -1.23. The molecule has 0 radical (unpaired) electrons. The van der Waals surface area contributed by atoms with Crippen LogP contribution in [0.1, 0.15) is 29.3 Å². The lowest BCUT2D eigenvalue weighted by Crippen LogP contribution is -2.07. The van der Waals surface area contributed by atoms with E-state index < -0.39 is 5.97 Å². The van der Waals surface area contributed by atoms with E-state index in [0.29, 0.717) is 11.4 Å². The first-order valence-corrected chi connectivity index (χ1v) is 6.31. The van der Waals surface area contributed by atoms with Gasteiger partial charge < -0.3 is 14.8 Å². The lowest BCUT2D eigenvalue weighted by molar-refractivity contribution is 0.0660. The third-order valence-corrected chi connectivity index (χ3v) is 3.06. The lowest BCUT2D eigenvalue weighted by Gasteiger charge is -2.13. The molecule has 0 fully saturated rings. The molecule has 0 bridgehead atoms. The largest absolute Gasteiger partial charge is 0.475 e. The number of furan rings is 1. The maximum absolute atomic E-state index is 13.6. The molecule has 0 aliphatic rings. The Kier molecular flexibility index (Phi) is 3.90. The van der Waals surface area contributed by atoms with Crippen LogP contribution < -0.4 is 5.32 Å². The van der Waals surface area contributed by atoms with Crippen molar-refractivity contribution in [3.05, 3.63) is 52.1 Å². The number of benzene rings is 1. The molecule has 1 atom stereocenters. The Morgan fingerprint density at radius 3 is 2.79 bits per heavy atom. The zero-order valence-electron chi connectivity index (χ0n) is 9.98. The maximum Gasteiger partial charge on any atom is 0.371 e. The summed E-state index contributed by atoms with van der Waals surface area (Å²) < 4.78 is 19.5.